The minimum atomic E-state index is -3.88. The predicted octanol–water partition coefficient (Wildman–Crippen LogP) is 4.62. The standard InChI is InChI=1S/C24H23ClN4O3S/c1-17-6-4-7-18(14-17)28-33(31,32)19-10-11-21(25)20(15-19)24(30)26-12-5-13-29-16-27-22-8-2-3-9-23(22)29/h2-4,6-11,14-16,28H,5,12-13H2,1H3,(H,26,30). The van der Waals surface area contributed by atoms with E-state index in [4.69, 9.17) is 11.6 Å². The molecule has 0 radical (unpaired) electrons. The molecular weight excluding hydrogens is 460 g/mol. The van der Waals surface area contributed by atoms with Gasteiger partial charge in [0.1, 0.15) is 0 Å². The minimum Gasteiger partial charge on any atom is -0.352 e. The number of fused-ring (bicyclic) bond motifs is 1. The summed E-state index contributed by atoms with van der Waals surface area (Å²) >= 11 is 6.19. The first-order valence-corrected chi connectivity index (χ1v) is 12.3. The van der Waals surface area contributed by atoms with Gasteiger partial charge in [-0.1, -0.05) is 35.9 Å². The van der Waals surface area contributed by atoms with Crippen LogP contribution in [0.2, 0.25) is 5.02 Å². The number of sulfonamides is 1. The first-order valence-electron chi connectivity index (χ1n) is 10.4. The van der Waals surface area contributed by atoms with Crippen molar-refractivity contribution in [2.45, 2.75) is 24.8 Å². The maximum Gasteiger partial charge on any atom is 0.261 e. The van der Waals surface area contributed by atoms with Crippen molar-refractivity contribution < 1.29 is 13.2 Å². The first-order chi connectivity index (χ1) is 15.8. The Morgan fingerprint density at radius 2 is 1.88 bits per heavy atom. The van der Waals surface area contributed by atoms with E-state index in [1.54, 1.807) is 24.5 Å². The van der Waals surface area contributed by atoms with Gasteiger partial charge in [-0.15, -0.1) is 0 Å². The van der Waals surface area contributed by atoms with Crippen LogP contribution in [0.5, 0.6) is 0 Å². The number of nitrogens with one attached hydrogen (secondary N) is 2. The maximum atomic E-state index is 12.8. The van der Waals surface area contributed by atoms with Crippen molar-refractivity contribution >= 4 is 44.3 Å². The second-order valence-corrected chi connectivity index (χ2v) is 9.74. The summed E-state index contributed by atoms with van der Waals surface area (Å²) in [6, 6.07) is 19.0. The maximum absolute atomic E-state index is 12.8. The van der Waals surface area contributed by atoms with Gasteiger partial charge < -0.3 is 9.88 Å². The van der Waals surface area contributed by atoms with Crippen LogP contribution in [0.25, 0.3) is 11.0 Å². The number of carbonyl (C=O) groups is 1. The van der Waals surface area contributed by atoms with Crippen molar-refractivity contribution in [1.82, 2.24) is 14.9 Å². The Labute approximate surface area is 197 Å². The number of halogens is 1. The number of aryl methyl sites for hydroxylation is 2. The van der Waals surface area contributed by atoms with Gasteiger partial charge >= 0.3 is 0 Å². The van der Waals surface area contributed by atoms with E-state index >= 15 is 0 Å². The average Bonchev–Trinajstić information content (AvgIpc) is 3.19. The Hall–Kier alpha value is -3.36. The molecule has 0 saturated heterocycles. The summed E-state index contributed by atoms with van der Waals surface area (Å²) in [5.41, 5.74) is 3.44. The molecule has 0 spiro atoms. The van der Waals surface area contributed by atoms with Crippen LogP contribution in [0.4, 0.5) is 5.69 Å². The van der Waals surface area contributed by atoms with Gasteiger partial charge in [0.2, 0.25) is 0 Å². The highest BCUT2D eigenvalue weighted by atomic mass is 35.5. The van der Waals surface area contributed by atoms with Gasteiger partial charge in [-0.2, -0.15) is 0 Å². The van der Waals surface area contributed by atoms with Crippen molar-refractivity contribution in [1.29, 1.82) is 0 Å². The second kappa shape index (κ2) is 9.64. The summed E-state index contributed by atoms with van der Waals surface area (Å²) in [6.07, 6.45) is 2.45. The van der Waals surface area contributed by atoms with Crippen LogP contribution >= 0.6 is 11.6 Å². The number of rotatable bonds is 8. The van der Waals surface area contributed by atoms with E-state index in [9.17, 15) is 13.2 Å². The Morgan fingerprint density at radius 3 is 2.70 bits per heavy atom. The van der Waals surface area contributed by atoms with Gasteiger partial charge in [0.25, 0.3) is 15.9 Å². The van der Waals surface area contributed by atoms with Gasteiger partial charge in [-0.25, -0.2) is 13.4 Å². The molecule has 7 nitrogen and oxygen atoms in total. The number of para-hydroxylation sites is 2. The fourth-order valence-electron chi connectivity index (χ4n) is 3.50. The molecule has 170 valence electrons. The number of nitrogens with zero attached hydrogens (tertiary/aromatic N) is 2. The topological polar surface area (TPSA) is 93.1 Å². The number of hydrogen-bond donors (Lipinski definition) is 2. The molecule has 0 aliphatic carbocycles. The lowest BCUT2D eigenvalue weighted by atomic mass is 10.2. The molecule has 0 unspecified atom stereocenters. The average molecular weight is 483 g/mol. The number of imidazole rings is 1. The van der Waals surface area contributed by atoms with E-state index in [-0.39, 0.29) is 15.5 Å². The number of amides is 1. The molecule has 1 aromatic heterocycles. The number of hydrogen-bond acceptors (Lipinski definition) is 4. The number of benzene rings is 3. The zero-order valence-corrected chi connectivity index (χ0v) is 19.5. The van der Waals surface area contributed by atoms with Crippen molar-refractivity contribution in [3.05, 3.63) is 89.2 Å². The van der Waals surface area contributed by atoms with Crippen LogP contribution in [0, 0.1) is 6.92 Å². The lowest BCUT2D eigenvalue weighted by molar-refractivity contribution is 0.0952. The monoisotopic (exact) mass is 482 g/mol. The lowest BCUT2D eigenvalue weighted by Crippen LogP contribution is -2.26. The van der Waals surface area contributed by atoms with Crippen LogP contribution in [-0.4, -0.2) is 30.4 Å². The van der Waals surface area contributed by atoms with Gasteiger partial charge in [0, 0.05) is 18.8 Å². The SMILES string of the molecule is Cc1cccc(NS(=O)(=O)c2ccc(Cl)c(C(=O)NCCCn3cnc4ccccc43)c2)c1. The van der Waals surface area contributed by atoms with Crippen molar-refractivity contribution in [2.24, 2.45) is 0 Å². The predicted molar refractivity (Wildman–Crippen MR) is 130 cm³/mol. The molecule has 0 fully saturated rings. The van der Waals surface area contributed by atoms with E-state index < -0.39 is 15.9 Å². The van der Waals surface area contributed by atoms with E-state index in [2.05, 4.69) is 15.0 Å². The fraction of sp³-hybridized carbons (Fsp3) is 0.167. The van der Waals surface area contributed by atoms with Crippen LogP contribution in [-0.2, 0) is 16.6 Å². The summed E-state index contributed by atoms with van der Waals surface area (Å²) in [6.45, 7) is 2.96. The molecule has 0 saturated carbocycles. The molecule has 4 aromatic rings. The quantitative estimate of drug-likeness (QED) is 0.358. The minimum absolute atomic E-state index is 0.0385. The second-order valence-electron chi connectivity index (χ2n) is 7.65. The third-order valence-corrected chi connectivity index (χ3v) is 6.86. The largest absolute Gasteiger partial charge is 0.352 e. The van der Waals surface area contributed by atoms with Crippen LogP contribution in [0.3, 0.4) is 0 Å². The molecule has 33 heavy (non-hydrogen) atoms. The highest BCUT2D eigenvalue weighted by Crippen LogP contribution is 2.23. The zero-order chi connectivity index (χ0) is 23.4. The van der Waals surface area contributed by atoms with E-state index in [1.165, 1.54) is 18.2 Å². The molecule has 0 atom stereocenters. The number of carbonyl (C=O) groups excluding carboxylic acids is 1. The molecule has 0 aliphatic rings. The van der Waals surface area contributed by atoms with Crippen LogP contribution in [0.15, 0.2) is 78.0 Å². The first kappa shape index (κ1) is 22.8. The molecule has 2 N–H and O–H groups in total. The van der Waals surface area contributed by atoms with Crippen molar-refractivity contribution in [3.63, 3.8) is 0 Å². The third kappa shape index (κ3) is 5.35. The summed E-state index contributed by atoms with van der Waals surface area (Å²) < 4.78 is 30.2. The van der Waals surface area contributed by atoms with Gasteiger partial charge in [-0.05, 0) is 61.4 Å². The summed E-state index contributed by atoms with van der Waals surface area (Å²) in [5, 5.41) is 3.00. The van der Waals surface area contributed by atoms with Crippen molar-refractivity contribution in [3.8, 4) is 0 Å². The van der Waals surface area contributed by atoms with Crippen molar-refractivity contribution in [2.75, 3.05) is 11.3 Å². The Bertz CT molecular complexity index is 1420. The Morgan fingerprint density at radius 1 is 1.06 bits per heavy atom. The molecule has 0 bridgehead atoms. The molecule has 1 heterocycles. The highest BCUT2D eigenvalue weighted by Gasteiger charge is 2.19. The Kier molecular flexibility index (Phi) is 6.67. The lowest BCUT2D eigenvalue weighted by Gasteiger charge is -2.12. The summed E-state index contributed by atoms with van der Waals surface area (Å²) in [4.78, 5) is 17.0. The fourth-order valence-corrected chi connectivity index (χ4v) is 4.78. The summed E-state index contributed by atoms with van der Waals surface area (Å²) in [7, 11) is -3.88. The van der Waals surface area contributed by atoms with E-state index in [0.717, 1.165) is 16.6 Å². The molecular formula is C24H23ClN4O3S. The van der Waals surface area contributed by atoms with E-state index in [1.807, 2.05) is 41.8 Å². The Balaban J connectivity index is 1.40. The van der Waals surface area contributed by atoms with Gasteiger partial charge in [-0.3, -0.25) is 9.52 Å². The third-order valence-electron chi connectivity index (χ3n) is 5.15. The zero-order valence-electron chi connectivity index (χ0n) is 18.0. The smallest absolute Gasteiger partial charge is 0.261 e. The van der Waals surface area contributed by atoms with Crippen LogP contribution < -0.4 is 10.0 Å². The van der Waals surface area contributed by atoms with E-state index in [0.29, 0.717) is 25.2 Å². The molecule has 3 aromatic carbocycles. The normalized spacial score (nSPS) is 11.5. The van der Waals surface area contributed by atoms with Crippen LogP contribution in [0.1, 0.15) is 22.3 Å². The molecule has 1 amide bonds. The number of anilines is 1. The van der Waals surface area contributed by atoms with Gasteiger partial charge in [0.05, 0.1) is 32.8 Å². The molecule has 9 heteroatoms. The molecule has 0 aliphatic heterocycles. The summed E-state index contributed by atoms with van der Waals surface area (Å²) in [5.74, 6) is -0.428. The highest BCUT2D eigenvalue weighted by molar-refractivity contribution is 7.92. The van der Waals surface area contributed by atoms with Gasteiger partial charge in [0.15, 0.2) is 0 Å². The number of aromatic nitrogens is 2. The molecule has 4 rings (SSSR count).